The Kier molecular flexibility index (Phi) is 3.91. The number of rotatable bonds is 2. The molecule has 4 heterocycles. The van der Waals surface area contributed by atoms with Crippen LogP contribution < -0.4 is 10.2 Å². The molecular weight excluding hydrogens is 354 g/mol. The van der Waals surface area contributed by atoms with E-state index in [1.54, 1.807) is 19.1 Å². The van der Waals surface area contributed by atoms with E-state index in [1.807, 2.05) is 24.3 Å². The highest BCUT2D eigenvalue weighted by Crippen LogP contribution is 2.33. The van der Waals surface area contributed by atoms with Crippen molar-refractivity contribution in [2.75, 3.05) is 24.5 Å². The first kappa shape index (κ1) is 16.9. The summed E-state index contributed by atoms with van der Waals surface area (Å²) in [7, 11) is 0. The molecule has 0 saturated carbocycles. The van der Waals surface area contributed by atoms with Crippen molar-refractivity contribution >= 4 is 28.0 Å². The molecule has 1 atom stereocenters. The molecule has 0 amide bonds. The summed E-state index contributed by atoms with van der Waals surface area (Å²) in [4.78, 5) is 16.0. The number of hydrogen-bond donors (Lipinski definition) is 2. The highest BCUT2D eigenvalue weighted by molar-refractivity contribution is 5.86. The lowest BCUT2D eigenvalue weighted by molar-refractivity contribution is 0.477. The zero-order valence-corrected chi connectivity index (χ0v) is 15.8. The minimum atomic E-state index is 0.132. The van der Waals surface area contributed by atoms with E-state index in [0.29, 0.717) is 34.3 Å². The minimum Gasteiger partial charge on any atom is -0.507 e. The number of fused-ring (bicyclic) bond motifs is 2. The molecular formula is C21H21N5O2. The van der Waals surface area contributed by atoms with Crippen LogP contribution in [0.5, 0.6) is 5.75 Å². The summed E-state index contributed by atoms with van der Waals surface area (Å²) < 4.78 is 5.59. The van der Waals surface area contributed by atoms with Gasteiger partial charge in [-0.05, 0) is 37.3 Å². The summed E-state index contributed by atoms with van der Waals surface area (Å²) in [6, 6.07) is 11.7. The van der Waals surface area contributed by atoms with E-state index in [2.05, 4.69) is 22.1 Å². The molecule has 1 aliphatic rings. The van der Waals surface area contributed by atoms with E-state index in [1.165, 1.54) is 0 Å². The van der Waals surface area contributed by atoms with Crippen LogP contribution in [0.3, 0.4) is 0 Å². The van der Waals surface area contributed by atoms with Crippen LogP contribution in [0.2, 0.25) is 0 Å². The smallest absolute Gasteiger partial charge is 0.192 e. The Bertz CT molecular complexity index is 1190. The number of nitrogens with one attached hydrogen (secondary N) is 1. The molecule has 142 valence electrons. The summed E-state index contributed by atoms with van der Waals surface area (Å²) in [5, 5.41) is 13.9. The summed E-state index contributed by atoms with van der Waals surface area (Å²) in [6.07, 6.45) is 0. The predicted molar refractivity (Wildman–Crippen MR) is 109 cm³/mol. The molecule has 5 rings (SSSR count). The first-order valence-electron chi connectivity index (χ1n) is 9.43. The van der Waals surface area contributed by atoms with Crippen LogP contribution in [-0.2, 0) is 0 Å². The van der Waals surface area contributed by atoms with E-state index < -0.39 is 0 Å². The maximum atomic E-state index is 10.4. The van der Waals surface area contributed by atoms with Crippen molar-refractivity contribution in [2.45, 2.75) is 19.9 Å². The van der Waals surface area contributed by atoms with Gasteiger partial charge < -0.3 is 19.7 Å². The molecule has 0 spiro atoms. The molecule has 0 unspecified atom stereocenters. The van der Waals surface area contributed by atoms with Gasteiger partial charge in [-0.1, -0.05) is 0 Å². The number of pyridine rings is 2. The molecule has 7 nitrogen and oxygen atoms in total. The fraction of sp³-hybridized carbons (Fsp3) is 0.286. The molecule has 1 fully saturated rings. The zero-order chi connectivity index (χ0) is 19.3. The van der Waals surface area contributed by atoms with Gasteiger partial charge in [0.05, 0.1) is 16.7 Å². The number of hydrogen-bond acceptors (Lipinski definition) is 7. The summed E-state index contributed by atoms with van der Waals surface area (Å²) in [6.45, 7) is 6.81. The Balaban J connectivity index is 1.53. The van der Waals surface area contributed by atoms with Crippen molar-refractivity contribution in [3.05, 3.63) is 42.3 Å². The molecule has 1 aliphatic heterocycles. The number of nitrogens with zero attached hydrogens (tertiary/aromatic N) is 4. The van der Waals surface area contributed by atoms with Crippen LogP contribution in [0.1, 0.15) is 12.8 Å². The Morgan fingerprint density at radius 2 is 1.89 bits per heavy atom. The lowest BCUT2D eigenvalue weighted by Crippen LogP contribution is -2.49. The topological polar surface area (TPSA) is 87.3 Å². The van der Waals surface area contributed by atoms with Gasteiger partial charge in [0.25, 0.3) is 0 Å². The van der Waals surface area contributed by atoms with Gasteiger partial charge >= 0.3 is 0 Å². The maximum Gasteiger partial charge on any atom is 0.192 e. The number of phenols is 1. The van der Waals surface area contributed by atoms with Gasteiger partial charge in [-0.25, -0.2) is 15.0 Å². The number of benzene rings is 1. The van der Waals surface area contributed by atoms with Gasteiger partial charge in [-0.2, -0.15) is 0 Å². The number of piperazine rings is 1. The van der Waals surface area contributed by atoms with Gasteiger partial charge in [0.1, 0.15) is 17.1 Å². The first-order valence-corrected chi connectivity index (χ1v) is 9.43. The molecule has 1 saturated heterocycles. The van der Waals surface area contributed by atoms with Crippen LogP contribution in [0.4, 0.5) is 5.82 Å². The standard InChI is InChI=1S/C21H21N5O2/c1-12-11-26(8-7-22-12)21-6-5-16-17(25-21)4-3-15(24-16)14-9-20-18(10-19(14)27)23-13(2)28-20/h3-6,9-10,12,22,27H,7-8,11H2,1-2H3/t12-/m1/s1. The second kappa shape index (κ2) is 6.45. The molecule has 28 heavy (non-hydrogen) atoms. The third kappa shape index (κ3) is 2.93. The molecule has 7 heteroatoms. The van der Waals surface area contributed by atoms with Crippen molar-refractivity contribution in [1.29, 1.82) is 0 Å². The molecule has 0 radical (unpaired) electrons. The number of oxazole rings is 1. The van der Waals surface area contributed by atoms with Crippen LogP contribution in [0, 0.1) is 6.92 Å². The number of phenolic OH excluding ortho intramolecular Hbond substituents is 1. The maximum absolute atomic E-state index is 10.4. The molecule has 0 bridgehead atoms. The third-order valence-electron chi connectivity index (χ3n) is 5.11. The third-order valence-corrected chi connectivity index (χ3v) is 5.11. The van der Waals surface area contributed by atoms with E-state index >= 15 is 0 Å². The Morgan fingerprint density at radius 3 is 2.75 bits per heavy atom. The fourth-order valence-corrected chi connectivity index (χ4v) is 3.75. The highest BCUT2D eigenvalue weighted by atomic mass is 16.3. The van der Waals surface area contributed by atoms with Crippen LogP contribution in [0.15, 0.2) is 40.8 Å². The lowest BCUT2D eigenvalue weighted by Gasteiger charge is -2.32. The highest BCUT2D eigenvalue weighted by Gasteiger charge is 2.18. The van der Waals surface area contributed by atoms with Gasteiger partial charge in [-0.15, -0.1) is 0 Å². The summed E-state index contributed by atoms with van der Waals surface area (Å²) >= 11 is 0. The van der Waals surface area contributed by atoms with Crippen molar-refractivity contribution in [2.24, 2.45) is 0 Å². The summed E-state index contributed by atoms with van der Waals surface area (Å²) in [5.41, 5.74) is 4.18. The number of aromatic nitrogens is 3. The van der Waals surface area contributed by atoms with Crippen LogP contribution in [0.25, 0.3) is 33.4 Å². The lowest BCUT2D eigenvalue weighted by atomic mass is 10.1. The Hall–Kier alpha value is -3.19. The number of aryl methyl sites for hydroxylation is 1. The van der Waals surface area contributed by atoms with Crippen molar-refractivity contribution < 1.29 is 9.52 Å². The van der Waals surface area contributed by atoms with Gasteiger partial charge in [0.2, 0.25) is 0 Å². The van der Waals surface area contributed by atoms with Crippen molar-refractivity contribution in [3.8, 4) is 17.0 Å². The van der Waals surface area contributed by atoms with Gasteiger partial charge in [0.15, 0.2) is 11.5 Å². The van der Waals surface area contributed by atoms with E-state index in [-0.39, 0.29) is 5.75 Å². The summed E-state index contributed by atoms with van der Waals surface area (Å²) in [5.74, 6) is 1.67. The monoisotopic (exact) mass is 375 g/mol. The number of anilines is 1. The normalized spacial score (nSPS) is 17.5. The second-order valence-electron chi connectivity index (χ2n) is 7.28. The predicted octanol–water partition coefficient (Wildman–Crippen LogP) is 3.25. The van der Waals surface area contributed by atoms with Crippen molar-refractivity contribution in [1.82, 2.24) is 20.3 Å². The minimum absolute atomic E-state index is 0.132. The zero-order valence-electron chi connectivity index (χ0n) is 15.8. The van der Waals surface area contributed by atoms with Gasteiger partial charge in [-0.3, -0.25) is 0 Å². The average molecular weight is 375 g/mol. The Morgan fingerprint density at radius 1 is 1.07 bits per heavy atom. The fourth-order valence-electron chi connectivity index (χ4n) is 3.75. The van der Waals surface area contributed by atoms with Crippen molar-refractivity contribution in [3.63, 3.8) is 0 Å². The molecule has 2 N–H and O–H groups in total. The van der Waals surface area contributed by atoms with Crippen LogP contribution in [-0.4, -0.2) is 45.7 Å². The number of aromatic hydroxyl groups is 1. The SMILES string of the molecule is Cc1nc2cc(O)c(-c3ccc4nc(N5CCN[C@H](C)C5)ccc4n3)cc2o1. The van der Waals surface area contributed by atoms with Gasteiger partial charge in [0, 0.05) is 44.2 Å². The first-order chi connectivity index (χ1) is 13.6. The molecule has 0 aliphatic carbocycles. The quantitative estimate of drug-likeness (QED) is 0.556. The van der Waals surface area contributed by atoms with E-state index in [0.717, 1.165) is 36.5 Å². The van der Waals surface area contributed by atoms with E-state index in [4.69, 9.17) is 14.4 Å². The molecule has 3 aromatic heterocycles. The second-order valence-corrected chi connectivity index (χ2v) is 7.28. The van der Waals surface area contributed by atoms with E-state index in [9.17, 15) is 5.11 Å². The molecule has 4 aromatic rings. The molecule has 1 aromatic carbocycles. The Labute approximate surface area is 162 Å². The van der Waals surface area contributed by atoms with Crippen LogP contribution >= 0.6 is 0 Å². The average Bonchev–Trinajstić information content (AvgIpc) is 3.05. The largest absolute Gasteiger partial charge is 0.507 e.